The highest BCUT2D eigenvalue weighted by atomic mass is 16.5. The second-order valence-electron chi connectivity index (χ2n) is 7.08. The van der Waals surface area contributed by atoms with E-state index in [1.54, 1.807) is 0 Å². The van der Waals surface area contributed by atoms with Crippen LogP contribution in [0.4, 0.5) is 4.79 Å². The number of carbonyl (C=O) groups excluding carboxylic acids is 3. The zero-order chi connectivity index (χ0) is 19.9. The van der Waals surface area contributed by atoms with E-state index in [1.165, 1.54) is 0 Å². The van der Waals surface area contributed by atoms with Gasteiger partial charge in [-0.25, -0.2) is 4.79 Å². The quantitative estimate of drug-likeness (QED) is 0.610. The molecule has 2 aliphatic rings. The molecule has 3 rings (SSSR count). The number of aromatic nitrogens is 1. The van der Waals surface area contributed by atoms with E-state index in [9.17, 15) is 14.4 Å². The van der Waals surface area contributed by atoms with Crippen molar-refractivity contribution in [1.82, 2.24) is 25.4 Å². The van der Waals surface area contributed by atoms with Crippen molar-refractivity contribution in [2.75, 3.05) is 46.4 Å². The lowest BCUT2D eigenvalue weighted by Crippen LogP contribution is -2.35. The number of nitrogens with zero attached hydrogens (tertiary/aromatic N) is 3. The minimum absolute atomic E-state index is 0.0150. The number of carbonyl (C=O) groups is 3. The van der Waals surface area contributed by atoms with Gasteiger partial charge in [-0.15, -0.1) is 0 Å². The van der Waals surface area contributed by atoms with Crippen LogP contribution in [-0.2, 0) is 20.7 Å². The Hall–Kier alpha value is -2.52. The van der Waals surface area contributed by atoms with Crippen molar-refractivity contribution >= 4 is 17.8 Å². The Balaban J connectivity index is 1.37. The third-order valence-corrected chi connectivity index (χ3v) is 4.85. The third-order valence-electron chi connectivity index (χ3n) is 4.85. The Morgan fingerprint density at radius 3 is 3.00 bits per heavy atom. The second-order valence-corrected chi connectivity index (χ2v) is 7.08. The molecule has 152 valence electrons. The number of nitrogens with one attached hydrogen (secondary N) is 2. The first kappa shape index (κ1) is 20.2. The molecule has 1 aromatic rings. The summed E-state index contributed by atoms with van der Waals surface area (Å²) in [5.74, 6) is -0.343. The van der Waals surface area contributed by atoms with Crippen molar-refractivity contribution in [1.29, 1.82) is 0 Å². The minimum atomic E-state index is -0.385. The maximum absolute atomic E-state index is 12.0. The van der Waals surface area contributed by atoms with Gasteiger partial charge >= 0.3 is 6.03 Å². The summed E-state index contributed by atoms with van der Waals surface area (Å²) >= 11 is 0. The van der Waals surface area contributed by atoms with Gasteiger partial charge in [-0.1, -0.05) is 6.07 Å². The predicted molar refractivity (Wildman–Crippen MR) is 101 cm³/mol. The molecule has 0 aromatic carbocycles. The number of amides is 4. The first-order chi connectivity index (χ1) is 13.5. The molecule has 1 unspecified atom stereocenters. The molecule has 2 N–H and O–H groups in total. The Morgan fingerprint density at radius 2 is 2.25 bits per heavy atom. The van der Waals surface area contributed by atoms with Crippen molar-refractivity contribution < 1.29 is 19.1 Å². The SMILES string of the molecule is CN1CCOC(c2cccc(CCNC(=O)CCCN3C(=O)CNC3=O)n2)C1. The van der Waals surface area contributed by atoms with E-state index < -0.39 is 0 Å². The first-order valence-electron chi connectivity index (χ1n) is 9.64. The van der Waals surface area contributed by atoms with Crippen molar-refractivity contribution in [3.63, 3.8) is 0 Å². The Morgan fingerprint density at radius 1 is 1.39 bits per heavy atom. The summed E-state index contributed by atoms with van der Waals surface area (Å²) in [5.41, 5.74) is 1.83. The van der Waals surface area contributed by atoms with E-state index in [2.05, 4.69) is 27.6 Å². The van der Waals surface area contributed by atoms with Crippen molar-refractivity contribution in [2.24, 2.45) is 0 Å². The fraction of sp³-hybridized carbons (Fsp3) is 0.579. The van der Waals surface area contributed by atoms with E-state index in [0.717, 1.165) is 29.4 Å². The molecule has 4 amide bonds. The molecule has 0 saturated carbocycles. The van der Waals surface area contributed by atoms with Gasteiger partial charge in [-0.2, -0.15) is 0 Å². The topological polar surface area (TPSA) is 104 Å². The summed E-state index contributed by atoms with van der Waals surface area (Å²) in [6.45, 7) is 3.25. The highest BCUT2D eigenvalue weighted by molar-refractivity contribution is 6.01. The highest BCUT2D eigenvalue weighted by Gasteiger charge is 2.27. The molecule has 1 aromatic heterocycles. The first-order valence-corrected chi connectivity index (χ1v) is 9.64. The molecule has 1 atom stereocenters. The van der Waals surface area contributed by atoms with Crippen LogP contribution in [0.15, 0.2) is 18.2 Å². The molecule has 0 bridgehead atoms. The lowest BCUT2D eigenvalue weighted by molar-refractivity contribution is -0.126. The summed E-state index contributed by atoms with van der Waals surface area (Å²) in [7, 11) is 2.07. The van der Waals surface area contributed by atoms with Crippen LogP contribution in [0.1, 0.15) is 30.3 Å². The van der Waals surface area contributed by atoms with Crippen LogP contribution >= 0.6 is 0 Å². The number of imide groups is 1. The lowest BCUT2D eigenvalue weighted by Gasteiger charge is -2.29. The molecule has 0 aliphatic carbocycles. The molecular formula is C19H27N5O4. The van der Waals surface area contributed by atoms with E-state index >= 15 is 0 Å². The van der Waals surface area contributed by atoms with E-state index in [4.69, 9.17) is 4.74 Å². The van der Waals surface area contributed by atoms with Crippen LogP contribution in [0.5, 0.6) is 0 Å². The fourth-order valence-electron chi connectivity index (χ4n) is 3.27. The summed E-state index contributed by atoms with van der Waals surface area (Å²) in [6, 6.07) is 5.50. The third kappa shape index (κ3) is 5.49. The summed E-state index contributed by atoms with van der Waals surface area (Å²) < 4.78 is 5.80. The molecule has 0 spiro atoms. The predicted octanol–water partition coefficient (Wildman–Crippen LogP) is 0.0754. The standard InChI is InChI=1S/C19H27N5O4/c1-23-10-11-28-16(13-23)15-5-2-4-14(22-15)7-8-20-17(25)6-3-9-24-18(26)12-21-19(24)27/h2,4-5,16H,3,6-13H2,1H3,(H,20,25)(H,21,27). The van der Waals surface area contributed by atoms with Crippen molar-refractivity contribution in [3.8, 4) is 0 Å². The van der Waals surface area contributed by atoms with Crippen molar-refractivity contribution in [2.45, 2.75) is 25.4 Å². The van der Waals surface area contributed by atoms with Gasteiger partial charge in [0, 0.05) is 44.7 Å². The number of rotatable bonds is 8. The fourth-order valence-corrected chi connectivity index (χ4v) is 3.27. The smallest absolute Gasteiger partial charge is 0.324 e. The Kier molecular flexibility index (Phi) is 6.94. The van der Waals surface area contributed by atoms with E-state index in [-0.39, 0.29) is 43.5 Å². The monoisotopic (exact) mass is 389 g/mol. The average molecular weight is 389 g/mol. The number of likely N-dealkylation sites (N-methyl/N-ethyl adjacent to an activating group) is 1. The number of pyridine rings is 1. The summed E-state index contributed by atoms with van der Waals surface area (Å²) in [4.78, 5) is 42.9. The number of ether oxygens (including phenoxy) is 1. The zero-order valence-corrected chi connectivity index (χ0v) is 16.1. The van der Waals surface area contributed by atoms with Crippen LogP contribution in [0, 0.1) is 0 Å². The van der Waals surface area contributed by atoms with Gasteiger partial charge in [-0.05, 0) is 25.6 Å². The minimum Gasteiger partial charge on any atom is -0.369 e. The van der Waals surface area contributed by atoms with Crippen LogP contribution in [0.2, 0.25) is 0 Å². The normalized spacial score (nSPS) is 20.3. The number of hydrogen-bond donors (Lipinski definition) is 2. The van der Waals surface area contributed by atoms with Gasteiger partial charge in [0.2, 0.25) is 11.8 Å². The average Bonchev–Trinajstić information content (AvgIpc) is 3.00. The largest absolute Gasteiger partial charge is 0.369 e. The molecule has 2 saturated heterocycles. The van der Waals surface area contributed by atoms with Gasteiger partial charge in [0.1, 0.15) is 6.10 Å². The van der Waals surface area contributed by atoms with Crippen LogP contribution in [0.25, 0.3) is 0 Å². The number of urea groups is 1. The molecule has 2 fully saturated rings. The molecule has 3 heterocycles. The highest BCUT2D eigenvalue weighted by Crippen LogP contribution is 2.19. The van der Waals surface area contributed by atoms with Gasteiger partial charge < -0.3 is 20.3 Å². The maximum atomic E-state index is 12.0. The summed E-state index contributed by atoms with van der Waals surface area (Å²) in [5, 5.41) is 5.32. The molecule has 2 aliphatic heterocycles. The van der Waals surface area contributed by atoms with Crippen LogP contribution < -0.4 is 10.6 Å². The molecule has 9 nitrogen and oxygen atoms in total. The zero-order valence-electron chi connectivity index (χ0n) is 16.1. The Labute approximate surface area is 164 Å². The molecule has 0 radical (unpaired) electrons. The number of morpholine rings is 1. The van der Waals surface area contributed by atoms with Gasteiger partial charge in [0.15, 0.2) is 0 Å². The second kappa shape index (κ2) is 9.61. The van der Waals surface area contributed by atoms with Gasteiger partial charge in [0.25, 0.3) is 0 Å². The maximum Gasteiger partial charge on any atom is 0.324 e. The Bertz CT molecular complexity index is 710. The van der Waals surface area contributed by atoms with Crippen molar-refractivity contribution in [3.05, 3.63) is 29.6 Å². The van der Waals surface area contributed by atoms with E-state index in [0.29, 0.717) is 26.0 Å². The van der Waals surface area contributed by atoms with Gasteiger partial charge in [-0.3, -0.25) is 19.5 Å². The van der Waals surface area contributed by atoms with Gasteiger partial charge in [0.05, 0.1) is 18.8 Å². The van der Waals surface area contributed by atoms with Crippen LogP contribution in [-0.4, -0.2) is 79.0 Å². The van der Waals surface area contributed by atoms with E-state index in [1.807, 2.05) is 18.2 Å². The molecule has 9 heteroatoms. The molecule has 28 heavy (non-hydrogen) atoms. The summed E-state index contributed by atoms with van der Waals surface area (Å²) in [6.07, 6.45) is 1.34. The lowest BCUT2D eigenvalue weighted by atomic mass is 10.1. The van der Waals surface area contributed by atoms with Crippen LogP contribution in [0.3, 0.4) is 0 Å². The number of hydrogen-bond acceptors (Lipinski definition) is 6. The molecular weight excluding hydrogens is 362 g/mol.